The van der Waals surface area contributed by atoms with E-state index in [1.807, 2.05) is 36.7 Å². The van der Waals surface area contributed by atoms with Crippen molar-refractivity contribution in [2.24, 2.45) is 0 Å². The molecule has 7 heteroatoms. The molecule has 1 atom stereocenters. The fourth-order valence-electron chi connectivity index (χ4n) is 3.21. The van der Waals surface area contributed by atoms with Gasteiger partial charge in [0.1, 0.15) is 6.04 Å². The van der Waals surface area contributed by atoms with E-state index in [2.05, 4.69) is 27.9 Å². The zero-order chi connectivity index (χ0) is 21.7. The number of halogens is 1. The summed E-state index contributed by atoms with van der Waals surface area (Å²) in [7, 11) is 0. The van der Waals surface area contributed by atoms with E-state index < -0.39 is 6.04 Å². The van der Waals surface area contributed by atoms with Crippen molar-refractivity contribution < 1.29 is 9.59 Å². The third-order valence-electron chi connectivity index (χ3n) is 5.01. The standard InChI is InChI=1S/C23H25ClN4O2/c1-15-20(17(3)28(27-15)14-18-9-5-4-6-10-18)13-25-22(29)16(2)26-23(30)19-11-7-8-12-21(19)24/h4-12,16H,13-14H2,1-3H3,(H,25,29)(H,26,30)/t16-/m0/s1. The van der Waals surface area contributed by atoms with Gasteiger partial charge in [-0.1, -0.05) is 54.1 Å². The number of aromatic nitrogens is 2. The predicted octanol–water partition coefficient (Wildman–Crippen LogP) is 3.64. The lowest BCUT2D eigenvalue weighted by molar-refractivity contribution is -0.122. The number of nitrogens with zero attached hydrogens (tertiary/aromatic N) is 2. The van der Waals surface area contributed by atoms with Crippen LogP contribution in [0, 0.1) is 13.8 Å². The molecule has 1 heterocycles. The van der Waals surface area contributed by atoms with Crippen LogP contribution in [-0.4, -0.2) is 27.6 Å². The molecule has 156 valence electrons. The molecule has 0 aliphatic heterocycles. The maximum atomic E-state index is 12.5. The van der Waals surface area contributed by atoms with Crippen molar-refractivity contribution in [3.05, 3.63) is 87.7 Å². The number of nitrogens with one attached hydrogen (secondary N) is 2. The topological polar surface area (TPSA) is 76.0 Å². The first-order valence-electron chi connectivity index (χ1n) is 9.76. The zero-order valence-electron chi connectivity index (χ0n) is 17.3. The minimum absolute atomic E-state index is 0.273. The second kappa shape index (κ2) is 9.59. The monoisotopic (exact) mass is 424 g/mol. The molecule has 0 bridgehead atoms. The average Bonchev–Trinajstić information content (AvgIpc) is 2.99. The van der Waals surface area contributed by atoms with Crippen molar-refractivity contribution in [1.29, 1.82) is 0 Å². The van der Waals surface area contributed by atoms with Crippen LogP contribution in [-0.2, 0) is 17.9 Å². The Labute approximate surface area is 181 Å². The molecule has 0 radical (unpaired) electrons. The van der Waals surface area contributed by atoms with Crippen LogP contribution >= 0.6 is 11.6 Å². The van der Waals surface area contributed by atoms with Crippen molar-refractivity contribution in [3.63, 3.8) is 0 Å². The predicted molar refractivity (Wildman–Crippen MR) is 117 cm³/mol. The second-order valence-electron chi connectivity index (χ2n) is 7.19. The number of carbonyl (C=O) groups is 2. The SMILES string of the molecule is Cc1nn(Cc2ccccc2)c(C)c1CNC(=O)[C@H](C)NC(=O)c1ccccc1Cl. The van der Waals surface area contributed by atoms with Crippen LogP contribution in [0.2, 0.25) is 5.02 Å². The summed E-state index contributed by atoms with van der Waals surface area (Å²) < 4.78 is 1.94. The van der Waals surface area contributed by atoms with Crippen LogP contribution in [0.5, 0.6) is 0 Å². The summed E-state index contributed by atoms with van der Waals surface area (Å²) in [5.74, 6) is -0.656. The minimum atomic E-state index is -0.700. The lowest BCUT2D eigenvalue weighted by Gasteiger charge is -2.15. The maximum absolute atomic E-state index is 12.5. The number of benzene rings is 2. The average molecular weight is 425 g/mol. The Morgan fingerprint density at radius 2 is 1.73 bits per heavy atom. The molecule has 1 aromatic heterocycles. The summed E-state index contributed by atoms with van der Waals surface area (Å²) in [5.41, 5.74) is 4.35. The first-order chi connectivity index (χ1) is 14.4. The first kappa shape index (κ1) is 21.6. The minimum Gasteiger partial charge on any atom is -0.350 e. The Hall–Kier alpha value is -3.12. The highest BCUT2D eigenvalue weighted by atomic mass is 35.5. The van der Waals surface area contributed by atoms with Gasteiger partial charge in [-0.25, -0.2) is 0 Å². The smallest absolute Gasteiger partial charge is 0.253 e. The third kappa shape index (κ3) is 5.07. The van der Waals surface area contributed by atoms with Gasteiger partial charge in [-0.15, -0.1) is 0 Å². The summed E-state index contributed by atoms with van der Waals surface area (Å²) in [6.45, 7) is 6.58. The Morgan fingerprint density at radius 1 is 1.07 bits per heavy atom. The van der Waals surface area contributed by atoms with Gasteiger partial charge in [-0.2, -0.15) is 5.10 Å². The summed E-state index contributed by atoms with van der Waals surface area (Å²) in [4.78, 5) is 24.9. The highest BCUT2D eigenvalue weighted by Gasteiger charge is 2.19. The van der Waals surface area contributed by atoms with Crippen LogP contribution in [0.1, 0.15) is 39.8 Å². The fourth-order valence-corrected chi connectivity index (χ4v) is 3.44. The van der Waals surface area contributed by atoms with Crippen LogP contribution in [0.3, 0.4) is 0 Å². The van der Waals surface area contributed by atoms with E-state index in [9.17, 15) is 9.59 Å². The van der Waals surface area contributed by atoms with E-state index in [-0.39, 0.29) is 11.8 Å². The molecular weight excluding hydrogens is 400 g/mol. The van der Waals surface area contributed by atoms with Gasteiger partial charge in [-0.3, -0.25) is 14.3 Å². The van der Waals surface area contributed by atoms with Gasteiger partial charge in [0.05, 0.1) is 22.8 Å². The Kier molecular flexibility index (Phi) is 6.90. The van der Waals surface area contributed by atoms with Crippen LogP contribution in [0.4, 0.5) is 0 Å². The Bertz CT molecular complexity index is 1050. The van der Waals surface area contributed by atoms with E-state index in [1.165, 1.54) is 0 Å². The molecule has 0 unspecified atom stereocenters. The molecule has 0 saturated carbocycles. The van der Waals surface area contributed by atoms with Gasteiger partial charge in [-0.05, 0) is 38.5 Å². The van der Waals surface area contributed by atoms with Gasteiger partial charge in [0.2, 0.25) is 5.91 Å². The molecule has 0 aliphatic rings. The Balaban J connectivity index is 1.60. The number of amides is 2. The first-order valence-corrected chi connectivity index (χ1v) is 10.1. The molecule has 2 aromatic carbocycles. The molecule has 0 saturated heterocycles. The molecule has 30 heavy (non-hydrogen) atoms. The van der Waals surface area contributed by atoms with Gasteiger partial charge >= 0.3 is 0 Å². The molecule has 3 rings (SSSR count). The van der Waals surface area contributed by atoms with E-state index in [4.69, 9.17) is 11.6 Å². The van der Waals surface area contributed by atoms with Crippen molar-refractivity contribution in [1.82, 2.24) is 20.4 Å². The number of carbonyl (C=O) groups excluding carboxylic acids is 2. The summed E-state index contributed by atoms with van der Waals surface area (Å²) in [6, 6.07) is 16.1. The number of hydrogen-bond acceptors (Lipinski definition) is 3. The maximum Gasteiger partial charge on any atom is 0.253 e. The van der Waals surface area contributed by atoms with Crippen LogP contribution in [0.15, 0.2) is 54.6 Å². The van der Waals surface area contributed by atoms with E-state index >= 15 is 0 Å². The molecule has 3 aromatic rings. The lowest BCUT2D eigenvalue weighted by atomic mass is 10.1. The zero-order valence-corrected chi connectivity index (χ0v) is 18.0. The van der Waals surface area contributed by atoms with Crippen molar-refractivity contribution >= 4 is 23.4 Å². The molecule has 2 N–H and O–H groups in total. The number of hydrogen-bond donors (Lipinski definition) is 2. The fraction of sp³-hybridized carbons (Fsp3) is 0.261. The highest BCUT2D eigenvalue weighted by Crippen LogP contribution is 2.16. The summed E-state index contributed by atoms with van der Waals surface area (Å²) in [6.07, 6.45) is 0. The van der Waals surface area contributed by atoms with E-state index in [0.29, 0.717) is 23.7 Å². The summed E-state index contributed by atoms with van der Waals surface area (Å²) in [5, 5.41) is 10.5. The largest absolute Gasteiger partial charge is 0.350 e. The van der Waals surface area contributed by atoms with E-state index in [1.54, 1.807) is 31.2 Å². The van der Waals surface area contributed by atoms with Crippen LogP contribution in [0.25, 0.3) is 0 Å². The normalized spacial score (nSPS) is 11.7. The van der Waals surface area contributed by atoms with Gasteiger partial charge in [0.15, 0.2) is 0 Å². The Morgan fingerprint density at radius 3 is 2.43 bits per heavy atom. The van der Waals surface area contributed by atoms with Crippen molar-refractivity contribution in [2.45, 2.75) is 39.9 Å². The third-order valence-corrected chi connectivity index (χ3v) is 5.33. The molecule has 0 spiro atoms. The van der Waals surface area contributed by atoms with Gasteiger partial charge in [0.25, 0.3) is 5.91 Å². The lowest BCUT2D eigenvalue weighted by Crippen LogP contribution is -2.44. The quantitative estimate of drug-likeness (QED) is 0.608. The molecule has 0 fully saturated rings. The molecular formula is C23H25ClN4O2. The molecule has 6 nitrogen and oxygen atoms in total. The van der Waals surface area contributed by atoms with E-state index in [0.717, 1.165) is 22.5 Å². The van der Waals surface area contributed by atoms with Gasteiger partial charge < -0.3 is 10.6 Å². The number of aryl methyl sites for hydroxylation is 1. The number of rotatable bonds is 7. The second-order valence-corrected chi connectivity index (χ2v) is 7.59. The summed E-state index contributed by atoms with van der Waals surface area (Å²) >= 11 is 6.05. The highest BCUT2D eigenvalue weighted by molar-refractivity contribution is 6.33. The molecule has 2 amide bonds. The van der Waals surface area contributed by atoms with Crippen molar-refractivity contribution in [2.75, 3.05) is 0 Å². The van der Waals surface area contributed by atoms with Crippen molar-refractivity contribution in [3.8, 4) is 0 Å². The van der Waals surface area contributed by atoms with Gasteiger partial charge in [0, 0.05) is 17.8 Å². The van der Waals surface area contributed by atoms with Crippen LogP contribution < -0.4 is 10.6 Å². The molecule has 0 aliphatic carbocycles.